The van der Waals surface area contributed by atoms with E-state index in [-0.39, 0.29) is 0 Å². The van der Waals surface area contributed by atoms with Gasteiger partial charge in [-0.05, 0) is 25.1 Å². The smallest absolute Gasteiger partial charge is 0.159 e. The summed E-state index contributed by atoms with van der Waals surface area (Å²) in [5.74, 6) is 4.84. The van der Waals surface area contributed by atoms with Gasteiger partial charge in [0.05, 0.1) is 0 Å². The van der Waals surface area contributed by atoms with E-state index in [2.05, 4.69) is 15.4 Å². The van der Waals surface area contributed by atoms with Gasteiger partial charge in [0.15, 0.2) is 11.6 Å². The van der Waals surface area contributed by atoms with E-state index in [0.717, 1.165) is 17.7 Å². The second kappa shape index (κ2) is 6.15. The maximum atomic E-state index is 13.2. The highest BCUT2D eigenvalue weighted by Crippen LogP contribution is 2.31. The van der Waals surface area contributed by atoms with Crippen LogP contribution >= 0.6 is 11.8 Å². The summed E-state index contributed by atoms with van der Waals surface area (Å²) in [6.07, 6.45) is 0.653. The molecular formula is C13H14F2N4S. The number of rotatable bonds is 4. The average molecular weight is 296 g/mol. The summed E-state index contributed by atoms with van der Waals surface area (Å²) in [5.41, 5.74) is 3.28. The van der Waals surface area contributed by atoms with Gasteiger partial charge in [-0.2, -0.15) is 0 Å². The molecule has 0 aliphatic rings. The van der Waals surface area contributed by atoms with Crippen LogP contribution in [0.2, 0.25) is 0 Å². The first-order valence-electron chi connectivity index (χ1n) is 6.02. The molecule has 7 heteroatoms. The molecule has 1 aromatic carbocycles. The number of nitrogens with two attached hydrogens (primary N) is 1. The lowest BCUT2D eigenvalue weighted by Crippen LogP contribution is -2.13. The molecule has 1 heterocycles. The lowest BCUT2D eigenvalue weighted by Gasteiger charge is -2.11. The molecule has 0 bridgehead atoms. The molecule has 0 unspecified atom stereocenters. The minimum absolute atomic E-state index is 0.530. The summed E-state index contributed by atoms with van der Waals surface area (Å²) in [6.45, 7) is 3.74. The van der Waals surface area contributed by atoms with Crippen molar-refractivity contribution in [1.29, 1.82) is 0 Å². The zero-order valence-electron chi connectivity index (χ0n) is 11.1. The summed E-state index contributed by atoms with van der Waals surface area (Å²) in [6, 6.07) is 3.74. The van der Waals surface area contributed by atoms with Crippen LogP contribution in [-0.2, 0) is 6.42 Å². The van der Waals surface area contributed by atoms with Gasteiger partial charge in [0.2, 0.25) is 0 Å². The minimum Gasteiger partial charge on any atom is -0.308 e. The molecule has 0 atom stereocenters. The highest BCUT2D eigenvalue weighted by molar-refractivity contribution is 7.99. The van der Waals surface area contributed by atoms with Crippen molar-refractivity contribution in [2.45, 2.75) is 30.2 Å². The Morgan fingerprint density at radius 2 is 2.00 bits per heavy atom. The van der Waals surface area contributed by atoms with Gasteiger partial charge >= 0.3 is 0 Å². The van der Waals surface area contributed by atoms with Gasteiger partial charge in [-0.1, -0.05) is 18.7 Å². The minimum atomic E-state index is -0.880. The third kappa shape index (κ3) is 3.05. The average Bonchev–Trinajstić information content (AvgIpc) is 2.45. The molecule has 0 amide bonds. The molecule has 0 aliphatic carbocycles. The molecular weight excluding hydrogens is 282 g/mol. The van der Waals surface area contributed by atoms with Gasteiger partial charge in [0.25, 0.3) is 0 Å². The highest BCUT2D eigenvalue weighted by Gasteiger charge is 2.12. The van der Waals surface area contributed by atoms with Gasteiger partial charge < -0.3 is 5.43 Å². The summed E-state index contributed by atoms with van der Waals surface area (Å²) < 4.78 is 26.1. The number of anilines is 1. The molecule has 4 nitrogen and oxygen atoms in total. The molecule has 0 saturated heterocycles. The van der Waals surface area contributed by atoms with E-state index in [1.807, 2.05) is 13.8 Å². The molecule has 20 heavy (non-hydrogen) atoms. The number of benzene rings is 1. The van der Waals surface area contributed by atoms with Crippen LogP contribution in [-0.4, -0.2) is 9.97 Å². The quantitative estimate of drug-likeness (QED) is 0.516. The Labute approximate surface area is 119 Å². The van der Waals surface area contributed by atoms with Crippen molar-refractivity contribution in [2.75, 3.05) is 5.43 Å². The Balaban J connectivity index is 2.39. The van der Waals surface area contributed by atoms with E-state index in [0.29, 0.717) is 28.0 Å². The number of nitrogen functional groups attached to an aromatic ring is 1. The van der Waals surface area contributed by atoms with Crippen LogP contribution in [0.15, 0.2) is 28.1 Å². The maximum absolute atomic E-state index is 13.2. The van der Waals surface area contributed by atoms with E-state index in [4.69, 9.17) is 5.84 Å². The van der Waals surface area contributed by atoms with E-state index < -0.39 is 11.6 Å². The third-order valence-corrected chi connectivity index (χ3v) is 3.79. The molecule has 0 spiro atoms. The van der Waals surface area contributed by atoms with Crippen molar-refractivity contribution >= 4 is 17.6 Å². The standard InChI is InChI=1S/C13H14F2N4S/c1-3-11-17-12(19-16)7(2)13(18-11)20-8-4-5-9(14)10(15)6-8/h4-6H,3,16H2,1-2H3,(H,17,18,19). The molecule has 106 valence electrons. The number of hydrogen-bond acceptors (Lipinski definition) is 5. The van der Waals surface area contributed by atoms with Gasteiger partial charge in [-0.25, -0.2) is 24.6 Å². The van der Waals surface area contributed by atoms with Crippen LogP contribution in [0, 0.1) is 18.6 Å². The second-order valence-corrected chi connectivity index (χ2v) is 5.16. The first-order valence-corrected chi connectivity index (χ1v) is 6.83. The van der Waals surface area contributed by atoms with Crippen molar-refractivity contribution in [2.24, 2.45) is 5.84 Å². The monoisotopic (exact) mass is 296 g/mol. The first-order chi connectivity index (χ1) is 9.55. The summed E-state index contributed by atoms with van der Waals surface area (Å²) in [5, 5.41) is 0.663. The number of hydrazine groups is 1. The fourth-order valence-electron chi connectivity index (χ4n) is 1.59. The van der Waals surface area contributed by atoms with Gasteiger partial charge in [-0.15, -0.1) is 0 Å². The number of halogens is 2. The fraction of sp³-hybridized carbons (Fsp3) is 0.231. The van der Waals surface area contributed by atoms with E-state index >= 15 is 0 Å². The van der Waals surface area contributed by atoms with Gasteiger partial charge in [0, 0.05) is 16.9 Å². The molecule has 1 aromatic heterocycles. The Morgan fingerprint density at radius 1 is 1.25 bits per heavy atom. The number of aryl methyl sites for hydroxylation is 1. The largest absolute Gasteiger partial charge is 0.308 e. The van der Waals surface area contributed by atoms with Crippen molar-refractivity contribution in [3.63, 3.8) is 0 Å². The third-order valence-electron chi connectivity index (χ3n) is 2.71. The van der Waals surface area contributed by atoms with Crippen LogP contribution in [0.25, 0.3) is 0 Å². The Kier molecular flexibility index (Phi) is 4.51. The second-order valence-electron chi connectivity index (χ2n) is 4.09. The van der Waals surface area contributed by atoms with Crippen LogP contribution in [0.4, 0.5) is 14.6 Å². The number of aromatic nitrogens is 2. The predicted octanol–water partition coefficient (Wildman–Crippen LogP) is 3.06. The van der Waals surface area contributed by atoms with Crippen molar-refractivity contribution < 1.29 is 8.78 Å². The lowest BCUT2D eigenvalue weighted by molar-refractivity contribution is 0.506. The van der Waals surface area contributed by atoms with Gasteiger partial charge in [0.1, 0.15) is 16.7 Å². The highest BCUT2D eigenvalue weighted by atomic mass is 32.2. The normalized spacial score (nSPS) is 10.7. The molecule has 0 saturated carbocycles. The van der Waals surface area contributed by atoms with Crippen LogP contribution in [0.5, 0.6) is 0 Å². The lowest BCUT2D eigenvalue weighted by atomic mass is 10.3. The summed E-state index contributed by atoms with van der Waals surface area (Å²) >= 11 is 1.24. The maximum Gasteiger partial charge on any atom is 0.159 e. The van der Waals surface area contributed by atoms with Crippen LogP contribution in [0.1, 0.15) is 18.3 Å². The van der Waals surface area contributed by atoms with Crippen molar-refractivity contribution in [1.82, 2.24) is 9.97 Å². The fourth-order valence-corrected chi connectivity index (χ4v) is 2.51. The number of hydrogen-bond donors (Lipinski definition) is 2. The Bertz CT molecular complexity index is 634. The van der Waals surface area contributed by atoms with Gasteiger partial charge in [-0.3, -0.25) is 0 Å². The zero-order valence-corrected chi connectivity index (χ0v) is 11.9. The Hall–Kier alpha value is -1.73. The van der Waals surface area contributed by atoms with E-state index in [1.165, 1.54) is 17.8 Å². The topological polar surface area (TPSA) is 63.8 Å². The van der Waals surface area contributed by atoms with Crippen molar-refractivity contribution in [3.8, 4) is 0 Å². The van der Waals surface area contributed by atoms with Crippen LogP contribution < -0.4 is 11.3 Å². The molecule has 2 aromatic rings. The zero-order chi connectivity index (χ0) is 14.7. The SMILES string of the molecule is CCc1nc(NN)c(C)c(Sc2ccc(F)c(F)c2)n1. The Morgan fingerprint density at radius 3 is 2.60 bits per heavy atom. The molecule has 2 rings (SSSR count). The molecule has 0 radical (unpaired) electrons. The summed E-state index contributed by atoms with van der Waals surface area (Å²) in [4.78, 5) is 9.20. The number of nitrogens with zero attached hydrogens (tertiary/aromatic N) is 2. The first kappa shape index (κ1) is 14.7. The van der Waals surface area contributed by atoms with E-state index in [9.17, 15) is 8.78 Å². The molecule has 0 aliphatic heterocycles. The number of nitrogens with one attached hydrogen (secondary N) is 1. The molecule has 3 N–H and O–H groups in total. The van der Waals surface area contributed by atoms with Crippen LogP contribution in [0.3, 0.4) is 0 Å². The molecule has 0 fully saturated rings. The van der Waals surface area contributed by atoms with E-state index in [1.54, 1.807) is 0 Å². The predicted molar refractivity (Wildman–Crippen MR) is 74.4 cm³/mol. The summed E-state index contributed by atoms with van der Waals surface area (Å²) in [7, 11) is 0. The van der Waals surface area contributed by atoms with Crippen molar-refractivity contribution in [3.05, 3.63) is 41.2 Å².